The van der Waals surface area contributed by atoms with E-state index in [4.69, 9.17) is 4.98 Å². The van der Waals surface area contributed by atoms with E-state index in [1.54, 1.807) is 22.7 Å². The van der Waals surface area contributed by atoms with Crippen molar-refractivity contribution in [3.05, 3.63) is 100 Å². The Morgan fingerprint density at radius 2 is 1.58 bits per heavy atom. The maximum Gasteiger partial charge on any atom is 0.212 e. The molecule has 0 fully saturated rings. The van der Waals surface area contributed by atoms with Crippen molar-refractivity contribution in [1.29, 1.82) is 0 Å². The summed E-state index contributed by atoms with van der Waals surface area (Å²) in [6.45, 7) is 0. The van der Waals surface area contributed by atoms with Crippen LogP contribution in [0.25, 0.3) is 9.88 Å². The highest BCUT2D eigenvalue weighted by Gasteiger charge is 2.22. The molecule has 0 aliphatic carbocycles. The standard InChI is InChI=1S/C24H24N2O2S3/c27-31(28,16-8-13-19-9-3-1-4-10-19)26-21(17-20-11-5-2-6-12-20)22-18-30-24(25-22)23-14-7-15-29-23/h1-7,9-12,14-15,18,21,26H,8,13,16-17H2/t21-/m0/s1. The number of thiazole rings is 1. The molecule has 31 heavy (non-hydrogen) atoms. The van der Waals surface area contributed by atoms with Gasteiger partial charge in [-0.05, 0) is 41.8 Å². The molecule has 0 saturated carbocycles. The van der Waals surface area contributed by atoms with Gasteiger partial charge in [-0.3, -0.25) is 0 Å². The Morgan fingerprint density at radius 3 is 2.26 bits per heavy atom. The van der Waals surface area contributed by atoms with Crippen molar-refractivity contribution < 1.29 is 8.42 Å². The molecule has 4 rings (SSSR count). The summed E-state index contributed by atoms with van der Waals surface area (Å²) in [6.07, 6.45) is 1.88. The average Bonchev–Trinajstić information content (AvgIpc) is 3.47. The molecule has 2 aromatic heterocycles. The third-order valence-corrected chi connectivity index (χ3v) is 8.31. The van der Waals surface area contributed by atoms with E-state index in [1.165, 1.54) is 0 Å². The van der Waals surface area contributed by atoms with E-state index in [2.05, 4.69) is 4.72 Å². The third kappa shape index (κ3) is 6.33. The van der Waals surface area contributed by atoms with E-state index in [9.17, 15) is 8.42 Å². The molecule has 2 heterocycles. The summed E-state index contributed by atoms with van der Waals surface area (Å²) in [5.41, 5.74) is 2.99. The highest BCUT2D eigenvalue weighted by atomic mass is 32.2. The first-order chi connectivity index (χ1) is 15.1. The fourth-order valence-electron chi connectivity index (χ4n) is 3.40. The fraction of sp³-hybridized carbons (Fsp3) is 0.208. The minimum Gasteiger partial charge on any atom is -0.239 e. The molecule has 0 saturated heterocycles. The Bertz CT molecular complexity index is 1170. The highest BCUT2D eigenvalue weighted by Crippen LogP contribution is 2.31. The average molecular weight is 469 g/mol. The second-order valence-corrected chi connectivity index (χ2v) is 11.0. The lowest BCUT2D eigenvalue weighted by Gasteiger charge is -2.17. The van der Waals surface area contributed by atoms with Crippen LogP contribution in [0.15, 0.2) is 83.6 Å². The van der Waals surface area contributed by atoms with Crippen LogP contribution in [-0.4, -0.2) is 19.2 Å². The summed E-state index contributed by atoms with van der Waals surface area (Å²) >= 11 is 3.19. The first-order valence-corrected chi connectivity index (χ1v) is 13.6. The molecule has 4 aromatic rings. The quantitative estimate of drug-likeness (QED) is 0.324. The second kappa shape index (κ2) is 10.3. The van der Waals surface area contributed by atoms with Crippen LogP contribution < -0.4 is 4.72 Å². The van der Waals surface area contributed by atoms with Gasteiger partial charge in [0.05, 0.1) is 22.4 Å². The third-order valence-electron chi connectivity index (χ3n) is 4.94. The lowest BCUT2D eigenvalue weighted by molar-refractivity contribution is 0.549. The van der Waals surface area contributed by atoms with E-state index in [0.717, 1.165) is 33.1 Å². The van der Waals surface area contributed by atoms with Crippen LogP contribution in [0, 0.1) is 0 Å². The zero-order valence-electron chi connectivity index (χ0n) is 17.0. The number of benzene rings is 2. The minimum absolute atomic E-state index is 0.0924. The first-order valence-electron chi connectivity index (χ1n) is 10.2. The molecule has 0 aliphatic heterocycles. The molecule has 2 aromatic carbocycles. The van der Waals surface area contributed by atoms with Crippen molar-refractivity contribution >= 4 is 32.7 Å². The molecule has 1 N–H and O–H groups in total. The topological polar surface area (TPSA) is 59.1 Å². The number of aromatic nitrogens is 1. The van der Waals surface area contributed by atoms with Crippen molar-refractivity contribution in [2.45, 2.75) is 25.3 Å². The smallest absolute Gasteiger partial charge is 0.212 e. The Balaban J connectivity index is 1.48. The van der Waals surface area contributed by atoms with Gasteiger partial charge in [0.2, 0.25) is 10.0 Å². The number of nitrogens with zero attached hydrogens (tertiary/aromatic N) is 1. The van der Waals surface area contributed by atoms with Gasteiger partial charge in [0.15, 0.2) is 0 Å². The number of nitrogens with one attached hydrogen (secondary N) is 1. The van der Waals surface area contributed by atoms with Crippen LogP contribution in [0.1, 0.15) is 29.3 Å². The van der Waals surface area contributed by atoms with Gasteiger partial charge >= 0.3 is 0 Å². The number of hydrogen-bond acceptors (Lipinski definition) is 5. The van der Waals surface area contributed by atoms with Crippen LogP contribution in [0.4, 0.5) is 0 Å². The number of hydrogen-bond donors (Lipinski definition) is 1. The van der Waals surface area contributed by atoms with Gasteiger partial charge < -0.3 is 0 Å². The molecule has 0 aliphatic rings. The molecular formula is C24H24N2O2S3. The first kappa shape index (κ1) is 21.9. The van der Waals surface area contributed by atoms with Gasteiger partial charge in [-0.15, -0.1) is 22.7 Å². The highest BCUT2D eigenvalue weighted by molar-refractivity contribution is 7.89. The summed E-state index contributed by atoms with van der Waals surface area (Å²) in [5.74, 6) is 0.0924. The van der Waals surface area contributed by atoms with Gasteiger partial charge in [0, 0.05) is 5.38 Å². The summed E-state index contributed by atoms with van der Waals surface area (Å²) in [4.78, 5) is 5.86. The van der Waals surface area contributed by atoms with E-state index >= 15 is 0 Å². The summed E-state index contributed by atoms with van der Waals surface area (Å²) in [5, 5.41) is 4.91. The zero-order chi connectivity index (χ0) is 21.5. The largest absolute Gasteiger partial charge is 0.239 e. The Hall–Kier alpha value is -2.32. The van der Waals surface area contributed by atoms with Gasteiger partial charge in [-0.25, -0.2) is 18.1 Å². The number of rotatable bonds is 10. The number of aryl methyl sites for hydroxylation is 1. The van der Waals surface area contributed by atoms with E-state index in [0.29, 0.717) is 12.8 Å². The van der Waals surface area contributed by atoms with E-state index in [1.807, 2.05) is 83.6 Å². The predicted octanol–water partition coefficient (Wildman–Crippen LogP) is 5.71. The van der Waals surface area contributed by atoms with Crippen LogP contribution in [0.5, 0.6) is 0 Å². The number of thiophene rings is 1. The van der Waals surface area contributed by atoms with E-state index < -0.39 is 16.1 Å². The molecule has 0 unspecified atom stereocenters. The number of sulfonamides is 1. The van der Waals surface area contributed by atoms with Crippen molar-refractivity contribution in [3.8, 4) is 9.88 Å². The van der Waals surface area contributed by atoms with Crippen molar-refractivity contribution in [2.24, 2.45) is 0 Å². The van der Waals surface area contributed by atoms with Crippen LogP contribution >= 0.6 is 22.7 Å². The van der Waals surface area contributed by atoms with Gasteiger partial charge in [0.1, 0.15) is 5.01 Å². The zero-order valence-corrected chi connectivity index (χ0v) is 19.4. The second-order valence-electron chi connectivity index (χ2n) is 7.32. The SMILES string of the molecule is O=S(=O)(CCCc1ccccc1)N[C@@H](Cc1ccccc1)c1csc(-c2cccs2)n1. The van der Waals surface area contributed by atoms with Crippen molar-refractivity contribution in [1.82, 2.24) is 9.71 Å². The van der Waals surface area contributed by atoms with Crippen LogP contribution in [0.2, 0.25) is 0 Å². The van der Waals surface area contributed by atoms with Crippen molar-refractivity contribution in [3.63, 3.8) is 0 Å². The summed E-state index contributed by atoms with van der Waals surface area (Å²) in [6, 6.07) is 23.6. The Labute approximate surface area is 191 Å². The predicted molar refractivity (Wildman–Crippen MR) is 130 cm³/mol. The molecule has 160 valence electrons. The molecule has 0 amide bonds. The normalized spacial score (nSPS) is 12.6. The lowest BCUT2D eigenvalue weighted by atomic mass is 10.1. The summed E-state index contributed by atoms with van der Waals surface area (Å²) < 4.78 is 28.7. The van der Waals surface area contributed by atoms with Crippen LogP contribution in [0.3, 0.4) is 0 Å². The van der Waals surface area contributed by atoms with E-state index in [-0.39, 0.29) is 5.75 Å². The Morgan fingerprint density at radius 1 is 0.871 bits per heavy atom. The van der Waals surface area contributed by atoms with Crippen molar-refractivity contribution in [2.75, 3.05) is 5.75 Å². The van der Waals surface area contributed by atoms with Gasteiger partial charge in [0.25, 0.3) is 0 Å². The summed E-state index contributed by atoms with van der Waals surface area (Å²) in [7, 11) is -3.45. The Kier molecular flexibility index (Phi) is 7.29. The molecular weight excluding hydrogens is 444 g/mol. The molecule has 1 atom stereocenters. The molecule has 0 spiro atoms. The monoisotopic (exact) mass is 468 g/mol. The molecule has 0 radical (unpaired) electrons. The fourth-order valence-corrected chi connectivity index (χ4v) is 6.37. The maximum absolute atomic E-state index is 12.9. The maximum atomic E-state index is 12.9. The van der Waals surface area contributed by atoms with Crippen LogP contribution in [-0.2, 0) is 22.9 Å². The molecule has 7 heteroatoms. The minimum atomic E-state index is -3.45. The molecule has 4 nitrogen and oxygen atoms in total. The molecule has 0 bridgehead atoms. The lowest BCUT2D eigenvalue weighted by Crippen LogP contribution is -2.32. The van der Waals surface area contributed by atoms with Gasteiger partial charge in [-0.2, -0.15) is 0 Å². The van der Waals surface area contributed by atoms with Gasteiger partial charge in [-0.1, -0.05) is 66.7 Å².